The van der Waals surface area contributed by atoms with Crippen molar-refractivity contribution in [3.05, 3.63) is 63.3 Å². The summed E-state index contributed by atoms with van der Waals surface area (Å²) in [5.41, 5.74) is 1.15. The minimum absolute atomic E-state index is 0.112. The van der Waals surface area contributed by atoms with E-state index in [1.807, 2.05) is 6.92 Å². The Morgan fingerprint density at radius 1 is 1.38 bits per heavy atom. The van der Waals surface area contributed by atoms with Gasteiger partial charge in [-0.2, -0.15) is 0 Å². The fourth-order valence-electron chi connectivity index (χ4n) is 1.85. The molecule has 21 heavy (non-hydrogen) atoms. The summed E-state index contributed by atoms with van der Waals surface area (Å²) in [6.45, 7) is 2.66. The van der Waals surface area contributed by atoms with E-state index in [1.54, 1.807) is 24.3 Å². The number of halogens is 1. The van der Waals surface area contributed by atoms with Gasteiger partial charge < -0.3 is 5.32 Å². The molecule has 1 amide bonds. The molecular formula is C15H16ClN3O2. The maximum atomic E-state index is 11.9. The van der Waals surface area contributed by atoms with E-state index in [-0.39, 0.29) is 11.5 Å². The third kappa shape index (κ3) is 4.16. The first kappa shape index (κ1) is 15.3. The quantitative estimate of drug-likeness (QED) is 0.917. The smallest absolute Gasteiger partial charge is 0.253 e. The van der Waals surface area contributed by atoms with Gasteiger partial charge in [0, 0.05) is 35.4 Å². The van der Waals surface area contributed by atoms with Crippen LogP contribution in [0, 0.1) is 0 Å². The third-order valence-corrected chi connectivity index (χ3v) is 3.26. The topological polar surface area (TPSA) is 64.0 Å². The number of nitrogens with one attached hydrogen (secondary N) is 1. The van der Waals surface area contributed by atoms with Crippen LogP contribution in [0.2, 0.25) is 5.02 Å². The van der Waals surface area contributed by atoms with E-state index < -0.39 is 0 Å². The van der Waals surface area contributed by atoms with Crippen LogP contribution < -0.4 is 10.9 Å². The van der Waals surface area contributed by atoms with Crippen LogP contribution in [-0.4, -0.2) is 22.0 Å². The molecule has 1 aromatic heterocycles. The molecule has 0 spiro atoms. The van der Waals surface area contributed by atoms with Gasteiger partial charge in [0.25, 0.3) is 11.5 Å². The van der Waals surface area contributed by atoms with Crippen molar-refractivity contribution in [1.29, 1.82) is 0 Å². The molecule has 0 aliphatic rings. The Bertz CT molecular complexity index is 697. The second kappa shape index (κ2) is 7.04. The normalized spacial score (nSPS) is 10.4. The molecule has 0 atom stereocenters. The van der Waals surface area contributed by atoms with Gasteiger partial charge in [0.05, 0.1) is 6.33 Å². The number of hydrogen-bond acceptors (Lipinski definition) is 3. The Morgan fingerprint density at radius 3 is 2.86 bits per heavy atom. The van der Waals surface area contributed by atoms with E-state index >= 15 is 0 Å². The van der Waals surface area contributed by atoms with Crippen molar-refractivity contribution in [3.8, 4) is 0 Å². The third-order valence-electron chi connectivity index (χ3n) is 3.02. The lowest BCUT2D eigenvalue weighted by Crippen LogP contribution is -2.31. The monoisotopic (exact) mass is 305 g/mol. The van der Waals surface area contributed by atoms with E-state index in [0.717, 1.165) is 12.1 Å². The summed E-state index contributed by atoms with van der Waals surface area (Å²) in [6.07, 6.45) is 2.23. The number of nitrogens with zero attached hydrogens (tertiary/aromatic N) is 2. The number of aryl methyl sites for hydroxylation is 1. The highest BCUT2D eigenvalue weighted by molar-refractivity contribution is 6.30. The molecule has 1 N–H and O–H groups in total. The Balaban J connectivity index is 1.92. The number of hydrogen-bond donors (Lipinski definition) is 1. The summed E-state index contributed by atoms with van der Waals surface area (Å²) in [7, 11) is 0. The molecule has 0 fully saturated rings. The number of rotatable bonds is 5. The molecule has 6 heteroatoms. The summed E-state index contributed by atoms with van der Waals surface area (Å²) < 4.78 is 1.47. The highest BCUT2D eigenvalue weighted by atomic mass is 35.5. The minimum atomic E-state index is -0.219. The van der Waals surface area contributed by atoms with Crippen LogP contribution in [0.5, 0.6) is 0 Å². The Kier molecular flexibility index (Phi) is 5.11. The van der Waals surface area contributed by atoms with E-state index in [4.69, 9.17) is 11.6 Å². The van der Waals surface area contributed by atoms with Gasteiger partial charge in [0.15, 0.2) is 0 Å². The van der Waals surface area contributed by atoms with Crippen molar-refractivity contribution in [3.63, 3.8) is 0 Å². The summed E-state index contributed by atoms with van der Waals surface area (Å²) in [6, 6.07) is 8.22. The number of carbonyl (C=O) groups excluding carboxylic acids is 1. The zero-order valence-corrected chi connectivity index (χ0v) is 12.4. The highest BCUT2D eigenvalue weighted by Gasteiger charge is 2.05. The molecule has 5 nitrogen and oxygen atoms in total. The number of benzene rings is 1. The Hall–Kier alpha value is -2.14. The van der Waals surface area contributed by atoms with Crippen LogP contribution in [0.3, 0.4) is 0 Å². The van der Waals surface area contributed by atoms with Crippen molar-refractivity contribution in [2.75, 3.05) is 6.54 Å². The molecule has 0 bridgehead atoms. The zero-order valence-electron chi connectivity index (χ0n) is 11.7. The maximum Gasteiger partial charge on any atom is 0.253 e. The van der Waals surface area contributed by atoms with Crippen molar-refractivity contribution in [2.45, 2.75) is 19.9 Å². The van der Waals surface area contributed by atoms with Crippen LogP contribution in [0.4, 0.5) is 0 Å². The number of carbonyl (C=O) groups is 1. The SMILES string of the molecule is CCc1cc(=O)n(CCNC(=O)c2cccc(Cl)c2)cn1. The van der Waals surface area contributed by atoms with Gasteiger partial charge in [-0.05, 0) is 24.6 Å². The first-order chi connectivity index (χ1) is 10.1. The Labute approximate surface area is 127 Å². The summed E-state index contributed by atoms with van der Waals surface area (Å²) in [5, 5.41) is 3.26. The molecule has 2 rings (SSSR count). The van der Waals surface area contributed by atoms with Crippen LogP contribution in [-0.2, 0) is 13.0 Å². The highest BCUT2D eigenvalue weighted by Crippen LogP contribution is 2.10. The molecule has 1 heterocycles. The van der Waals surface area contributed by atoms with Gasteiger partial charge in [-0.15, -0.1) is 0 Å². The molecule has 110 valence electrons. The lowest BCUT2D eigenvalue weighted by atomic mass is 10.2. The molecule has 0 saturated carbocycles. The van der Waals surface area contributed by atoms with Gasteiger partial charge in [0.2, 0.25) is 0 Å². The second-order valence-electron chi connectivity index (χ2n) is 4.53. The van der Waals surface area contributed by atoms with E-state index in [2.05, 4.69) is 10.3 Å². The average molecular weight is 306 g/mol. The molecular weight excluding hydrogens is 290 g/mol. The van der Waals surface area contributed by atoms with Gasteiger partial charge in [-0.25, -0.2) is 4.98 Å². The van der Waals surface area contributed by atoms with Crippen LogP contribution in [0.1, 0.15) is 23.0 Å². The lowest BCUT2D eigenvalue weighted by Gasteiger charge is -2.08. The molecule has 0 saturated heterocycles. The van der Waals surface area contributed by atoms with Gasteiger partial charge in [-0.3, -0.25) is 14.2 Å². The summed E-state index contributed by atoms with van der Waals surface area (Å²) in [4.78, 5) is 27.8. The molecule has 0 unspecified atom stereocenters. The van der Waals surface area contributed by atoms with Crippen molar-refractivity contribution in [2.24, 2.45) is 0 Å². The van der Waals surface area contributed by atoms with Crippen LogP contribution in [0.15, 0.2) is 41.5 Å². The Morgan fingerprint density at radius 2 is 2.19 bits per heavy atom. The fraction of sp³-hybridized carbons (Fsp3) is 0.267. The van der Waals surface area contributed by atoms with E-state index in [1.165, 1.54) is 17.0 Å². The number of aromatic nitrogens is 2. The van der Waals surface area contributed by atoms with Gasteiger partial charge in [0.1, 0.15) is 0 Å². The molecule has 2 aromatic rings. The first-order valence-corrected chi connectivity index (χ1v) is 7.07. The first-order valence-electron chi connectivity index (χ1n) is 6.69. The van der Waals surface area contributed by atoms with Crippen LogP contribution >= 0.6 is 11.6 Å². The number of amides is 1. The van der Waals surface area contributed by atoms with Crippen molar-refractivity contribution in [1.82, 2.24) is 14.9 Å². The summed E-state index contributed by atoms with van der Waals surface area (Å²) in [5.74, 6) is -0.219. The second-order valence-corrected chi connectivity index (χ2v) is 4.97. The maximum absolute atomic E-state index is 11.9. The summed E-state index contributed by atoms with van der Waals surface area (Å²) >= 11 is 5.83. The minimum Gasteiger partial charge on any atom is -0.350 e. The predicted octanol–water partition coefficient (Wildman–Crippen LogP) is 1.89. The molecule has 0 radical (unpaired) electrons. The standard InChI is InChI=1S/C15H16ClN3O2/c1-2-13-9-14(20)19(10-18-13)7-6-17-15(21)11-4-3-5-12(16)8-11/h3-5,8-10H,2,6-7H2,1H3,(H,17,21). The molecule has 0 aliphatic carbocycles. The molecule has 1 aromatic carbocycles. The largest absolute Gasteiger partial charge is 0.350 e. The van der Waals surface area contributed by atoms with E-state index in [9.17, 15) is 9.59 Å². The van der Waals surface area contributed by atoms with E-state index in [0.29, 0.717) is 23.7 Å². The van der Waals surface area contributed by atoms with Crippen molar-refractivity contribution >= 4 is 17.5 Å². The van der Waals surface area contributed by atoms with Gasteiger partial charge in [-0.1, -0.05) is 24.6 Å². The van der Waals surface area contributed by atoms with Gasteiger partial charge >= 0.3 is 0 Å². The van der Waals surface area contributed by atoms with Crippen molar-refractivity contribution < 1.29 is 4.79 Å². The average Bonchev–Trinajstić information content (AvgIpc) is 2.48. The fourth-order valence-corrected chi connectivity index (χ4v) is 2.04. The zero-order chi connectivity index (χ0) is 15.2. The van der Waals surface area contributed by atoms with Crippen LogP contribution in [0.25, 0.3) is 0 Å². The lowest BCUT2D eigenvalue weighted by molar-refractivity contribution is 0.0952. The molecule has 0 aliphatic heterocycles. The predicted molar refractivity (Wildman–Crippen MR) is 81.7 cm³/mol.